The molecule has 1 aromatic rings. The minimum atomic E-state index is -4.54. The zero-order valence-corrected chi connectivity index (χ0v) is 16.0. The van der Waals surface area contributed by atoms with Gasteiger partial charge in [0.2, 0.25) is 5.91 Å². The highest BCUT2D eigenvalue weighted by molar-refractivity contribution is 5.84. The van der Waals surface area contributed by atoms with Crippen molar-refractivity contribution in [3.05, 3.63) is 17.5 Å². The summed E-state index contributed by atoms with van der Waals surface area (Å²) in [5, 5.41) is 3.69. The van der Waals surface area contributed by atoms with Crippen molar-refractivity contribution in [3.8, 4) is 0 Å². The molecule has 9 heteroatoms. The first-order chi connectivity index (χ1) is 12.5. The van der Waals surface area contributed by atoms with Gasteiger partial charge in [-0.25, -0.2) is 0 Å². The Hall–Kier alpha value is -1.61. The number of amides is 1. The van der Waals surface area contributed by atoms with E-state index in [-0.39, 0.29) is 22.8 Å². The molecule has 0 saturated carbocycles. The Bertz CT molecular complexity index is 708. The summed E-state index contributed by atoms with van der Waals surface area (Å²) in [5.41, 5.74) is 3.75. The molecule has 3 rings (SSSR count). The fraction of sp³-hybridized carbons (Fsp3) is 0.778. The summed E-state index contributed by atoms with van der Waals surface area (Å²) in [6, 6.07) is 0. The van der Waals surface area contributed by atoms with Gasteiger partial charge in [0.1, 0.15) is 5.54 Å². The Kier molecular flexibility index (Phi) is 5.05. The molecule has 1 unspecified atom stereocenters. The number of hydrogen-bond donors (Lipinski definition) is 1. The van der Waals surface area contributed by atoms with Crippen molar-refractivity contribution < 1.29 is 22.7 Å². The standard InChI is InChI=1S/C18H27F3N4O2/c1-12-9-25(23-14(12)18(19,20)21)16(2,3)15(26)24-10-13(8-22)17(11-24)4-6-27-7-5-17/h9,13H,4-8,10-11,22H2,1-3H3. The Morgan fingerprint density at radius 3 is 2.52 bits per heavy atom. The van der Waals surface area contributed by atoms with Crippen LogP contribution < -0.4 is 5.73 Å². The highest BCUT2D eigenvalue weighted by atomic mass is 19.4. The molecule has 2 N–H and O–H groups in total. The van der Waals surface area contributed by atoms with Crippen LogP contribution in [0, 0.1) is 18.3 Å². The van der Waals surface area contributed by atoms with E-state index in [1.807, 2.05) is 0 Å². The summed E-state index contributed by atoms with van der Waals surface area (Å²) >= 11 is 0. The van der Waals surface area contributed by atoms with Crippen LogP contribution in [-0.2, 0) is 21.2 Å². The Morgan fingerprint density at radius 2 is 2.00 bits per heavy atom. The van der Waals surface area contributed by atoms with Crippen molar-refractivity contribution in [2.45, 2.75) is 45.3 Å². The van der Waals surface area contributed by atoms with E-state index < -0.39 is 17.4 Å². The molecule has 27 heavy (non-hydrogen) atoms. The fourth-order valence-corrected chi connectivity index (χ4v) is 4.37. The average molecular weight is 388 g/mol. The maximum absolute atomic E-state index is 13.2. The van der Waals surface area contributed by atoms with E-state index in [1.54, 1.807) is 18.7 Å². The smallest absolute Gasteiger partial charge is 0.381 e. The molecule has 3 heterocycles. The summed E-state index contributed by atoms with van der Waals surface area (Å²) < 4.78 is 45.9. The minimum Gasteiger partial charge on any atom is -0.381 e. The van der Waals surface area contributed by atoms with E-state index >= 15 is 0 Å². The minimum absolute atomic E-state index is 0.00512. The van der Waals surface area contributed by atoms with Crippen LogP contribution in [0.4, 0.5) is 13.2 Å². The predicted octanol–water partition coefficient (Wildman–Crippen LogP) is 2.16. The highest BCUT2D eigenvalue weighted by Gasteiger charge is 2.50. The first kappa shape index (κ1) is 20.1. The first-order valence-corrected chi connectivity index (χ1v) is 9.22. The van der Waals surface area contributed by atoms with Crippen molar-refractivity contribution in [2.24, 2.45) is 17.1 Å². The summed E-state index contributed by atoms with van der Waals surface area (Å²) in [6.45, 7) is 7.42. The van der Waals surface area contributed by atoms with Crippen LogP contribution in [-0.4, -0.2) is 53.4 Å². The number of rotatable bonds is 3. The number of carbonyl (C=O) groups is 1. The molecule has 0 radical (unpaired) electrons. The van der Waals surface area contributed by atoms with Crippen LogP contribution in [0.3, 0.4) is 0 Å². The topological polar surface area (TPSA) is 73.4 Å². The van der Waals surface area contributed by atoms with Gasteiger partial charge >= 0.3 is 6.18 Å². The fourth-order valence-electron chi connectivity index (χ4n) is 4.37. The number of halogens is 3. The molecule has 2 aliphatic heterocycles. The second-order valence-electron chi connectivity index (χ2n) is 8.26. The third-order valence-electron chi connectivity index (χ3n) is 6.13. The molecule has 1 amide bonds. The third-order valence-corrected chi connectivity index (χ3v) is 6.13. The lowest BCUT2D eigenvalue weighted by atomic mass is 9.72. The number of ether oxygens (including phenoxy) is 1. The average Bonchev–Trinajstić information content (AvgIpc) is 3.16. The lowest BCUT2D eigenvalue weighted by Gasteiger charge is -2.37. The molecular formula is C18H27F3N4O2. The van der Waals surface area contributed by atoms with Gasteiger partial charge < -0.3 is 15.4 Å². The van der Waals surface area contributed by atoms with E-state index in [0.717, 1.165) is 17.5 Å². The molecule has 0 aromatic carbocycles. The zero-order chi connectivity index (χ0) is 20.0. The van der Waals surface area contributed by atoms with Gasteiger partial charge in [0.25, 0.3) is 0 Å². The monoisotopic (exact) mass is 388 g/mol. The number of carbonyl (C=O) groups excluding carboxylic acids is 1. The molecule has 0 aliphatic carbocycles. The van der Waals surface area contributed by atoms with E-state index in [9.17, 15) is 18.0 Å². The van der Waals surface area contributed by atoms with Crippen LogP contribution in [0.2, 0.25) is 0 Å². The molecule has 1 atom stereocenters. The van der Waals surface area contributed by atoms with Crippen molar-refractivity contribution in [3.63, 3.8) is 0 Å². The van der Waals surface area contributed by atoms with Gasteiger partial charge in [-0.1, -0.05) is 0 Å². The lowest BCUT2D eigenvalue weighted by molar-refractivity contribution is -0.144. The van der Waals surface area contributed by atoms with Gasteiger partial charge in [0, 0.05) is 32.5 Å². The van der Waals surface area contributed by atoms with Crippen LogP contribution in [0.1, 0.15) is 37.9 Å². The maximum Gasteiger partial charge on any atom is 0.435 e. The van der Waals surface area contributed by atoms with Crippen LogP contribution in [0.15, 0.2) is 6.20 Å². The second kappa shape index (κ2) is 6.77. The number of likely N-dealkylation sites (tertiary alicyclic amines) is 1. The van der Waals surface area contributed by atoms with Gasteiger partial charge in [0.05, 0.1) is 0 Å². The van der Waals surface area contributed by atoms with Gasteiger partial charge in [-0.2, -0.15) is 18.3 Å². The summed E-state index contributed by atoms with van der Waals surface area (Å²) in [5.74, 6) is -0.0632. The maximum atomic E-state index is 13.2. The van der Waals surface area contributed by atoms with Crippen molar-refractivity contribution in [1.29, 1.82) is 0 Å². The molecule has 2 fully saturated rings. The SMILES string of the molecule is Cc1cn(C(C)(C)C(=O)N2CC(CN)C3(CCOCC3)C2)nc1C(F)(F)F. The van der Waals surface area contributed by atoms with Crippen LogP contribution >= 0.6 is 0 Å². The number of alkyl halides is 3. The lowest BCUT2D eigenvalue weighted by Crippen LogP contribution is -2.47. The number of aryl methyl sites for hydroxylation is 1. The molecule has 2 aliphatic rings. The molecule has 152 valence electrons. The number of aromatic nitrogens is 2. The molecule has 6 nitrogen and oxygen atoms in total. The quantitative estimate of drug-likeness (QED) is 0.861. The Labute approximate surface area is 156 Å². The van der Waals surface area contributed by atoms with E-state index in [1.165, 1.54) is 13.1 Å². The van der Waals surface area contributed by atoms with Crippen LogP contribution in [0.25, 0.3) is 0 Å². The summed E-state index contributed by atoms with van der Waals surface area (Å²) in [6.07, 6.45) is -1.56. The predicted molar refractivity (Wildman–Crippen MR) is 92.9 cm³/mol. The number of nitrogens with two attached hydrogens (primary N) is 1. The Morgan fingerprint density at radius 1 is 1.37 bits per heavy atom. The van der Waals surface area contributed by atoms with Crippen molar-refractivity contribution in [1.82, 2.24) is 14.7 Å². The first-order valence-electron chi connectivity index (χ1n) is 9.22. The number of hydrogen-bond acceptors (Lipinski definition) is 4. The summed E-state index contributed by atoms with van der Waals surface area (Å²) in [4.78, 5) is 15.0. The van der Waals surface area contributed by atoms with Crippen molar-refractivity contribution in [2.75, 3.05) is 32.8 Å². The van der Waals surface area contributed by atoms with Gasteiger partial charge in [-0.05, 0) is 57.1 Å². The molecule has 2 saturated heterocycles. The van der Waals surface area contributed by atoms with Crippen LogP contribution in [0.5, 0.6) is 0 Å². The largest absolute Gasteiger partial charge is 0.435 e. The van der Waals surface area contributed by atoms with Gasteiger partial charge in [-0.15, -0.1) is 0 Å². The van der Waals surface area contributed by atoms with Crippen molar-refractivity contribution >= 4 is 5.91 Å². The zero-order valence-electron chi connectivity index (χ0n) is 16.0. The summed E-state index contributed by atoms with van der Waals surface area (Å²) in [7, 11) is 0. The molecular weight excluding hydrogens is 361 g/mol. The number of nitrogens with zero attached hydrogens (tertiary/aromatic N) is 3. The normalized spacial score (nSPS) is 23.2. The highest BCUT2D eigenvalue weighted by Crippen LogP contribution is 2.44. The van der Waals surface area contributed by atoms with E-state index in [4.69, 9.17) is 10.5 Å². The van der Waals surface area contributed by atoms with E-state index in [0.29, 0.717) is 32.8 Å². The molecule has 0 bridgehead atoms. The van der Waals surface area contributed by atoms with Gasteiger partial charge in [0.15, 0.2) is 5.69 Å². The van der Waals surface area contributed by atoms with Gasteiger partial charge in [-0.3, -0.25) is 9.48 Å². The Balaban J connectivity index is 1.84. The molecule has 1 aromatic heterocycles. The second-order valence-corrected chi connectivity index (χ2v) is 8.26. The van der Waals surface area contributed by atoms with E-state index in [2.05, 4.69) is 5.10 Å². The molecule has 1 spiro atoms. The third kappa shape index (κ3) is 3.47.